The van der Waals surface area contributed by atoms with Gasteiger partial charge in [0.25, 0.3) is 0 Å². The molecular formula is C23H34N6O10S2. The van der Waals surface area contributed by atoms with Gasteiger partial charge in [-0.05, 0) is 25.0 Å². The van der Waals surface area contributed by atoms with Crippen molar-refractivity contribution in [2.24, 2.45) is 0 Å². The maximum absolute atomic E-state index is 11.4. The minimum atomic E-state index is -0.819. The average Bonchev–Trinajstić information content (AvgIpc) is 3.59. The fourth-order valence-electron chi connectivity index (χ4n) is 3.39. The summed E-state index contributed by atoms with van der Waals surface area (Å²) in [5.74, 6) is -0.00476. The fourth-order valence-corrected chi connectivity index (χ4v) is 5.25. The molecule has 0 saturated carbocycles. The van der Waals surface area contributed by atoms with E-state index in [1.807, 2.05) is 0 Å². The SMILES string of the molecule is Nc1ccn([C@@H]2CS[C@H](CO)O2)c(=O)n1.Nc1ccn([C@@H]2CS[C@H](CO)O2)c(=O)n1.O=C(O)CCCCCC(=O)O. The standard InChI is InChI=1S/2C8H11N3O3S.C7H12O4/c2*9-5-1-2-11(8(13)10-5)6-4-15-7(3-12)14-6;8-6(9)4-2-1-3-5-7(10)11/h2*1-2,6-7,12H,3-4H2,(H2,9,10,13);1-5H2,(H,8,9)(H,10,11)/t2*6-,7+;/m00./s1. The van der Waals surface area contributed by atoms with Gasteiger partial charge in [0.2, 0.25) is 0 Å². The van der Waals surface area contributed by atoms with Crippen LogP contribution in [0.1, 0.15) is 44.6 Å². The first-order chi connectivity index (χ1) is 19.5. The van der Waals surface area contributed by atoms with E-state index in [1.165, 1.54) is 32.7 Å². The molecule has 18 heteroatoms. The summed E-state index contributed by atoms with van der Waals surface area (Å²) >= 11 is 2.93. The molecule has 2 aliphatic rings. The van der Waals surface area contributed by atoms with Crippen molar-refractivity contribution in [2.45, 2.75) is 55.4 Å². The van der Waals surface area contributed by atoms with E-state index >= 15 is 0 Å². The Kier molecular flexibility index (Phi) is 14.6. The molecule has 228 valence electrons. The number of anilines is 2. The Morgan fingerprint density at radius 1 is 0.805 bits per heavy atom. The number of aliphatic carboxylic acids is 2. The van der Waals surface area contributed by atoms with Crippen molar-refractivity contribution in [2.75, 3.05) is 36.2 Å². The lowest BCUT2D eigenvalue weighted by Gasteiger charge is -2.13. The van der Waals surface area contributed by atoms with Crippen molar-refractivity contribution in [1.82, 2.24) is 19.1 Å². The number of hydrogen-bond acceptors (Lipinski definition) is 14. The number of aliphatic hydroxyl groups excluding tert-OH is 2. The second-order valence-corrected chi connectivity index (χ2v) is 10.9. The number of carboxylic acid groups (broad SMARTS) is 2. The topological polar surface area (TPSA) is 255 Å². The quantitative estimate of drug-likeness (QED) is 0.190. The Morgan fingerprint density at radius 2 is 1.20 bits per heavy atom. The van der Waals surface area contributed by atoms with Crippen LogP contribution in [-0.2, 0) is 19.1 Å². The van der Waals surface area contributed by atoms with E-state index in [2.05, 4.69) is 9.97 Å². The van der Waals surface area contributed by atoms with Crippen LogP contribution in [0.4, 0.5) is 11.6 Å². The summed E-state index contributed by atoms with van der Waals surface area (Å²) in [6.07, 6.45) is 4.47. The Morgan fingerprint density at radius 3 is 1.49 bits per heavy atom. The number of ether oxygens (including phenoxy) is 2. The van der Waals surface area contributed by atoms with Gasteiger partial charge in [-0.15, -0.1) is 23.5 Å². The van der Waals surface area contributed by atoms with E-state index in [-0.39, 0.29) is 61.0 Å². The number of carboxylic acids is 2. The first-order valence-electron chi connectivity index (χ1n) is 12.4. The van der Waals surface area contributed by atoms with Crippen molar-refractivity contribution >= 4 is 47.1 Å². The maximum Gasteiger partial charge on any atom is 0.351 e. The number of hydrogen-bond donors (Lipinski definition) is 6. The molecule has 0 spiro atoms. The van der Waals surface area contributed by atoms with Crippen molar-refractivity contribution in [3.63, 3.8) is 0 Å². The van der Waals surface area contributed by atoms with Gasteiger partial charge in [-0.1, -0.05) is 6.42 Å². The number of unbranched alkanes of at least 4 members (excludes halogenated alkanes) is 2. The third kappa shape index (κ3) is 12.1. The Hall–Kier alpha value is -3.16. The zero-order chi connectivity index (χ0) is 30.4. The van der Waals surface area contributed by atoms with Crippen LogP contribution in [0.2, 0.25) is 0 Å². The van der Waals surface area contributed by atoms with Gasteiger partial charge in [0.1, 0.15) is 35.0 Å². The molecule has 4 atom stereocenters. The summed E-state index contributed by atoms with van der Waals surface area (Å²) in [5.41, 5.74) is 9.35. The lowest BCUT2D eigenvalue weighted by Crippen LogP contribution is -2.28. The van der Waals surface area contributed by atoms with Gasteiger partial charge in [0.05, 0.1) is 13.2 Å². The number of aliphatic hydroxyl groups is 2. The molecule has 0 amide bonds. The first kappa shape index (κ1) is 34.0. The highest BCUT2D eigenvalue weighted by Crippen LogP contribution is 2.31. The predicted octanol–water partition coefficient (Wildman–Crippen LogP) is -0.0821. The van der Waals surface area contributed by atoms with Crippen LogP contribution < -0.4 is 22.8 Å². The normalized spacial score (nSPS) is 21.3. The maximum atomic E-state index is 11.4. The summed E-state index contributed by atoms with van der Waals surface area (Å²) in [4.78, 5) is 50.0. The summed E-state index contributed by atoms with van der Waals surface area (Å²) in [6.45, 7) is -0.114. The smallest absolute Gasteiger partial charge is 0.351 e. The predicted molar refractivity (Wildman–Crippen MR) is 151 cm³/mol. The Labute approximate surface area is 242 Å². The number of nitrogen functional groups attached to an aromatic ring is 2. The largest absolute Gasteiger partial charge is 0.481 e. The number of carbonyl (C=O) groups is 2. The van der Waals surface area contributed by atoms with Crippen molar-refractivity contribution in [1.29, 1.82) is 0 Å². The fraction of sp³-hybridized carbons (Fsp3) is 0.565. The minimum absolute atomic E-state index is 0.0572. The van der Waals surface area contributed by atoms with E-state index in [0.717, 1.165) is 0 Å². The molecule has 0 unspecified atom stereocenters. The van der Waals surface area contributed by atoms with Crippen LogP contribution in [0, 0.1) is 0 Å². The van der Waals surface area contributed by atoms with Crippen LogP contribution in [0.5, 0.6) is 0 Å². The van der Waals surface area contributed by atoms with E-state index in [0.29, 0.717) is 30.8 Å². The number of thioether (sulfide) groups is 2. The van der Waals surface area contributed by atoms with Crippen molar-refractivity contribution in [3.8, 4) is 0 Å². The molecule has 2 saturated heterocycles. The lowest BCUT2D eigenvalue weighted by molar-refractivity contribution is -0.137. The van der Waals surface area contributed by atoms with Gasteiger partial charge in [0.15, 0.2) is 0 Å². The van der Waals surface area contributed by atoms with Gasteiger partial charge in [-0.3, -0.25) is 18.7 Å². The minimum Gasteiger partial charge on any atom is -0.481 e. The summed E-state index contributed by atoms with van der Waals surface area (Å²) < 4.78 is 13.6. The molecule has 2 aliphatic heterocycles. The second-order valence-electron chi connectivity index (χ2n) is 8.51. The molecule has 41 heavy (non-hydrogen) atoms. The molecule has 2 aromatic heterocycles. The monoisotopic (exact) mass is 618 g/mol. The molecule has 0 radical (unpaired) electrons. The molecule has 16 nitrogen and oxygen atoms in total. The van der Waals surface area contributed by atoms with E-state index in [4.69, 9.17) is 41.4 Å². The lowest BCUT2D eigenvalue weighted by atomic mass is 10.1. The van der Waals surface area contributed by atoms with Gasteiger partial charge in [-0.25, -0.2) is 9.59 Å². The second kappa shape index (κ2) is 17.6. The number of nitrogens with two attached hydrogens (primary N) is 2. The molecule has 2 aromatic rings. The molecule has 8 N–H and O–H groups in total. The Bertz CT molecular complexity index is 1150. The third-order valence-corrected chi connectivity index (χ3v) is 7.59. The zero-order valence-corrected chi connectivity index (χ0v) is 23.6. The highest BCUT2D eigenvalue weighted by Gasteiger charge is 2.28. The number of aromatic nitrogens is 4. The molecule has 4 rings (SSSR count). The highest BCUT2D eigenvalue weighted by molar-refractivity contribution is 8.00. The van der Waals surface area contributed by atoms with E-state index in [1.54, 1.807) is 24.5 Å². The average molecular weight is 619 g/mol. The van der Waals surface area contributed by atoms with Gasteiger partial charge >= 0.3 is 23.3 Å². The van der Waals surface area contributed by atoms with Crippen LogP contribution in [-0.4, -0.2) is 87.1 Å². The van der Waals surface area contributed by atoms with Gasteiger partial charge < -0.3 is 41.4 Å². The summed E-state index contributed by atoms with van der Waals surface area (Å²) in [5, 5.41) is 34.2. The summed E-state index contributed by atoms with van der Waals surface area (Å²) in [6, 6.07) is 3.09. The molecule has 4 heterocycles. The third-order valence-electron chi connectivity index (χ3n) is 5.37. The molecule has 0 bridgehead atoms. The Balaban J connectivity index is 0.000000219. The van der Waals surface area contributed by atoms with Crippen molar-refractivity contribution < 1.29 is 39.5 Å². The van der Waals surface area contributed by atoms with Gasteiger partial charge in [0, 0.05) is 36.7 Å². The van der Waals surface area contributed by atoms with Crippen LogP contribution in [0.15, 0.2) is 34.1 Å². The number of rotatable bonds is 10. The molecule has 0 aliphatic carbocycles. The van der Waals surface area contributed by atoms with E-state index in [9.17, 15) is 19.2 Å². The van der Waals surface area contributed by atoms with Crippen LogP contribution >= 0.6 is 23.5 Å². The van der Waals surface area contributed by atoms with E-state index < -0.39 is 23.3 Å². The summed E-state index contributed by atoms with van der Waals surface area (Å²) in [7, 11) is 0. The molecule has 0 aromatic carbocycles. The van der Waals surface area contributed by atoms with Crippen molar-refractivity contribution in [3.05, 3.63) is 45.5 Å². The van der Waals surface area contributed by atoms with Crippen LogP contribution in [0.3, 0.4) is 0 Å². The highest BCUT2D eigenvalue weighted by atomic mass is 32.2. The number of nitrogens with zero attached hydrogens (tertiary/aromatic N) is 4. The van der Waals surface area contributed by atoms with Crippen LogP contribution in [0.25, 0.3) is 0 Å². The first-order valence-corrected chi connectivity index (χ1v) is 14.5. The zero-order valence-electron chi connectivity index (χ0n) is 22.0. The van der Waals surface area contributed by atoms with Gasteiger partial charge in [-0.2, -0.15) is 9.97 Å². The molecular weight excluding hydrogens is 584 g/mol. The molecule has 2 fully saturated rings.